The second kappa shape index (κ2) is 12.7. The summed E-state index contributed by atoms with van der Waals surface area (Å²) < 4.78 is 24.4. The summed E-state index contributed by atoms with van der Waals surface area (Å²) in [4.78, 5) is 38.3. The first-order chi connectivity index (χ1) is 19.5. The third kappa shape index (κ3) is 7.25. The summed E-state index contributed by atoms with van der Waals surface area (Å²) in [6.07, 6.45) is 0.318. The topological polar surface area (TPSA) is 119 Å². The molecule has 0 spiro atoms. The predicted octanol–water partition coefficient (Wildman–Crippen LogP) is 5.06. The summed E-state index contributed by atoms with van der Waals surface area (Å²) in [5, 5.41) is 1.95. The number of thiophene rings is 1. The molecule has 4 rings (SSSR count). The van der Waals surface area contributed by atoms with E-state index in [0.29, 0.717) is 22.8 Å². The Balaban J connectivity index is 1.22. The molecule has 0 bridgehead atoms. The number of aryl methyl sites for hydroxylation is 1. The molecule has 2 aromatic heterocycles. The van der Waals surface area contributed by atoms with Crippen LogP contribution in [0.3, 0.4) is 0 Å². The number of carbonyl (C=O) groups excluding carboxylic acids is 3. The number of rotatable bonds is 13. The van der Waals surface area contributed by atoms with Crippen molar-refractivity contribution in [1.82, 2.24) is 4.57 Å². The molecular formula is C31H36N2O7S. The summed E-state index contributed by atoms with van der Waals surface area (Å²) in [6.45, 7) is 3.73. The van der Waals surface area contributed by atoms with Gasteiger partial charge in [0.2, 0.25) is 0 Å². The molecule has 0 amide bonds. The fraction of sp³-hybridized carbons (Fsp3) is 0.387. The Morgan fingerprint density at radius 1 is 0.927 bits per heavy atom. The number of benzene rings is 2. The van der Waals surface area contributed by atoms with E-state index in [9.17, 15) is 14.4 Å². The van der Waals surface area contributed by atoms with Crippen molar-refractivity contribution >= 4 is 50.0 Å². The summed E-state index contributed by atoms with van der Waals surface area (Å²) in [6, 6.07) is 14.6. The van der Waals surface area contributed by atoms with E-state index in [1.54, 1.807) is 20.3 Å². The number of esters is 2. The van der Waals surface area contributed by atoms with E-state index in [0.717, 1.165) is 26.7 Å². The van der Waals surface area contributed by atoms with Gasteiger partial charge in [-0.05, 0) is 35.0 Å². The van der Waals surface area contributed by atoms with Crippen LogP contribution in [-0.2, 0) is 32.5 Å². The highest BCUT2D eigenvalue weighted by molar-refractivity contribution is 7.20. The van der Waals surface area contributed by atoms with E-state index in [1.807, 2.05) is 67.9 Å². The van der Waals surface area contributed by atoms with Crippen LogP contribution >= 0.6 is 11.3 Å². The number of hydrogen-bond donors (Lipinski definition) is 1. The lowest BCUT2D eigenvalue weighted by molar-refractivity contribution is -0.153. The van der Waals surface area contributed by atoms with Crippen molar-refractivity contribution in [2.45, 2.75) is 39.2 Å². The van der Waals surface area contributed by atoms with Crippen LogP contribution in [0.2, 0.25) is 0 Å². The second-order valence-corrected chi connectivity index (χ2v) is 11.9. The number of hydrogen-bond acceptors (Lipinski definition) is 9. The molecule has 2 heterocycles. The number of ether oxygens (including phenoxy) is 4. The van der Waals surface area contributed by atoms with Gasteiger partial charge in [-0.15, -0.1) is 11.3 Å². The molecule has 1 atom stereocenters. The maximum atomic E-state index is 12.7. The van der Waals surface area contributed by atoms with E-state index in [1.165, 1.54) is 11.3 Å². The molecule has 41 heavy (non-hydrogen) atoms. The van der Waals surface area contributed by atoms with Gasteiger partial charge in [0.25, 0.3) is 0 Å². The first kappa shape index (κ1) is 30.1. The average molecular weight is 581 g/mol. The molecule has 2 N–H and O–H groups in total. The Kier molecular flexibility index (Phi) is 9.35. The average Bonchev–Trinajstić information content (AvgIpc) is 3.53. The molecular weight excluding hydrogens is 544 g/mol. The van der Waals surface area contributed by atoms with Gasteiger partial charge < -0.3 is 29.2 Å². The molecule has 0 aliphatic rings. The minimum absolute atomic E-state index is 0.0261. The molecule has 0 unspecified atom stereocenters. The third-order valence-corrected chi connectivity index (χ3v) is 8.00. The number of nitrogens with zero attached hydrogens (tertiary/aromatic N) is 1. The Bertz CT molecular complexity index is 1530. The van der Waals surface area contributed by atoms with Gasteiger partial charge in [-0.1, -0.05) is 32.0 Å². The summed E-state index contributed by atoms with van der Waals surface area (Å²) in [7, 11) is 5.06. The maximum Gasteiger partial charge on any atom is 0.323 e. The van der Waals surface area contributed by atoms with E-state index >= 15 is 0 Å². The highest BCUT2D eigenvalue weighted by atomic mass is 32.1. The highest BCUT2D eigenvalue weighted by Crippen LogP contribution is 2.36. The van der Waals surface area contributed by atoms with Gasteiger partial charge >= 0.3 is 11.9 Å². The second-order valence-electron chi connectivity index (χ2n) is 10.8. The van der Waals surface area contributed by atoms with E-state index in [2.05, 4.69) is 0 Å². The van der Waals surface area contributed by atoms with E-state index in [4.69, 9.17) is 24.7 Å². The SMILES string of the molecule is COc1cc2cc(C(=O)CCC(=O)OCC(C)(C)COC(=O)[C@@H](N)Cc3cc4ccccc4n3C)sc2cc1OC. The molecule has 2 aromatic carbocycles. The van der Waals surface area contributed by atoms with Crippen LogP contribution in [0.25, 0.3) is 21.0 Å². The van der Waals surface area contributed by atoms with Gasteiger partial charge in [-0.3, -0.25) is 14.4 Å². The minimum atomic E-state index is -0.821. The molecule has 0 aliphatic carbocycles. The number of fused-ring (bicyclic) bond motifs is 2. The molecule has 0 fully saturated rings. The molecule has 0 saturated heterocycles. The van der Waals surface area contributed by atoms with Gasteiger partial charge in [0.15, 0.2) is 17.3 Å². The van der Waals surface area contributed by atoms with Crippen molar-refractivity contribution in [2.75, 3.05) is 27.4 Å². The number of carbonyl (C=O) groups is 3. The first-order valence-corrected chi connectivity index (χ1v) is 14.1. The predicted molar refractivity (Wildman–Crippen MR) is 159 cm³/mol. The lowest BCUT2D eigenvalue weighted by Gasteiger charge is -2.24. The minimum Gasteiger partial charge on any atom is -0.493 e. The van der Waals surface area contributed by atoms with Crippen LogP contribution in [0.4, 0.5) is 0 Å². The van der Waals surface area contributed by atoms with E-state index < -0.39 is 23.4 Å². The highest BCUT2D eigenvalue weighted by Gasteiger charge is 2.26. The Hall–Kier alpha value is -3.89. The number of methoxy groups -OCH3 is 2. The van der Waals surface area contributed by atoms with Crippen molar-refractivity contribution in [2.24, 2.45) is 18.2 Å². The van der Waals surface area contributed by atoms with Gasteiger partial charge in [-0.2, -0.15) is 0 Å². The van der Waals surface area contributed by atoms with Crippen LogP contribution in [0.5, 0.6) is 11.5 Å². The zero-order chi connectivity index (χ0) is 29.7. The monoisotopic (exact) mass is 580 g/mol. The third-order valence-electron chi connectivity index (χ3n) is 6.87. The number of nitrogens with two attached hydrogens (primary N) is 1. The largest absolute Gasteiger partial charge is 0.493 e. The first-order valence-electron chi connectivity index (χ1n) is 13.3. The van der Waals surface area contributed by atoms with Crippen molar-refractivity contribution < 1.29 is 33.3 Å². The molecule has 218 valence electrons. The zero-order valence-corrected chi connectivity index (χ0v) is 24.8. The molecule has 0 aliphatic heterocycles. The lowest BCUT2D eigenvalue weighted by Crippen LogP contribution is -2.38. The number of ketones is 1. The maximum absolute atomic E-state index is 12.7. The number of para-hydroxylation sites is 1. The quantitative estimate of drug-likeness (QED) is 0.172. The fourth-order valence-electron chi connectivity index (χ4n) is 4.46. The van der Waals surface area contributed by atoms with Crippen molar-refractivity contribution in [3.8, 4) is 11.5 Å². The van der Waals surface area contributed by atoms with Crippen LogP contribution in [0.1, 0.15) is 42.1 Å². The van der Waals surface area contributed by atoms with Crippen LogP contribution < -0.4 is 15.2 Å². The fourth-order valence-corrected chi connectivity index (χ4v) is 5.50. The van der Waals surface area contributed by atoms with Crippen LogP contribution in [0, 0.1) is 5.41 Å². The summed E-state index contributed by atoms with van der Waals surface area (Å²) in [5.41, 5.74) is 7.52. The number of aromatic nitrogens is 1. The van der Waals surface area contributed by atoms with Gasteiger partial charge in [0.1, 0.15) is 6.04 Å². The van der Waals surface area contributed by atoms with Crippen LogP contribution in [-0.4, -0.2) is 55.8 Å². The molecule has 4 aromatic rings. The Morgan fingerprint density at radius 2 is 1.61 bits per heavy atom. The van der Waals surface area contributed by atoms with Gasteiger partial charge in [-0.25, -0.2) is 0 Å². The molecule has 0 saturated carbocycles. The summed E-state index contributed by atoms with van der Waals surface area (Å²) in [5.74, 6) is 0.0211. The van der Waals surface area contributed by atoms with Crippen molar-refractivity contribution in [3.63, 3.8) is 0 Å². The van der Waals surface area contributed by atoms with E-state index in [-0.39, 0.29) is 31.8 Å². The number of Topliss-reactive ketones (excluding diaryl/α,β-unsaturated/α-hetero) is 1. The lowest BCUT2D eigenvalue weighted by atomic mass is 9.96. The Morgan fingerprint density at radius 3 is 2.32 bits per heavy atom. The standard InChI is InChI=1S/C31H36N2O7S/c1-31(2,18-40-30(36)22(32)15-21-12-19-8-6-7-9-23(19)33(21)3)17-39-29(35)11-10-24(34)28-14-20-13-25(37-4)26(38-5)16-27(20)41-28/h6-9,12-14,16,22H,10-11,15,17-18,32H2,1-5H3/t22-/m0/s1. The normalized spacial score (nSPS) is 12.3. The van der Waals surface area contributed by atoms with Crippen LogP contribution in [0.15, 0.2) is 48.5 Å². The summed E-state index contributed by atoms with van der Waals surface area (Å²) >= 11 is 1.34. The van der Waals surface area contributed by atoms with Gasteiger partial charge in [0, 0.05) is 47.3 Å². The van der Waals surface area contributed by atoms with Gasteiger partial charge in [0.05, 0.1) is 38.7 Å². The molecule has 0 radical (unpaired) electrons. The molecule has 10 heteroatoms. The Labute approximate surface area is 243 Å². The molecule has 9 nitrogen and oxygen atoms in total. The zero-order valence-electron chi connectivity index (χ0n) is 24.0. The van der Waals surface area contributed by atoms with Crippen molar-refractivity contribution in [1.29, 1.82) is 0 Å². The smallest absolute Gasteiger partial charge is 0.323 e. The van der Waals surface area contributed by atoms with Crippen molar-refractivity contribution in [3.05, 3.63) is 59.1 Å².